The number of nitrogens with two attached hydrogens (primary N) is 2. The van der Waals surface area contributed by atoms with Gasteiger partial charge in [0.1, 0.15) is 6.04 Å². The van der Waals surface area contributed by atoms with E-state index in [0.29, 0.717) is 16.9 Å². The molecule has 0 spiro atoms. The fourth-order valence-corrected chi connectivity index (χ4v) is 1.66. The van der Waals surface area contributed by atoms with E-state index in [9.17, 15) is 9.59 Å². The molecule has 6 heteroatoms. The Kier molecular flexibility index (Phi) is 4.74. The number of hydrogen-bond acceptors (Lipinski definition) is 5. The third-order valence-corrected chi connectivity index (χ3v) is 2.65. The van der Waals surface area contributed by atoms with Crippen molar-refractivity contribution in [3.05, 3.63) is 23.8 Å². The lowest BCUT2D eigenvalue weighted by atomic mass is 10.0. The van der Waals surface area contributed by atoms with E-state index in [1.807, 2.05) is 13.8 Å². The molecule has 1 unspecified atom stereocenters. The van der Waals surface area contributed by atoms with Gasteiger partial charge in [0, 0.05) is 16.9 Å². The zero-order chi connectivity index (χ0) is 14.6. The molecule has 5 N–H and O–H groups in total. The number of nitrogen functional groups attached to an aromatic ring is 2. The number of amides is 1. The van der Waals surface area contributed by atoms with Crippen molar-refractivity contribution in [1.29, 1.82) is 0 Å². The Morgan fingerprint density at radius 1 is 1.16 bits per heavy atom. The molecule has 1 aromatic carbocycles. The Labute approximate surface area is 112 Å². The van der Waals surface area contributed by atoms with Crippen LogP contribution in [0.5, 0.6) is 0 Å². The number of nitrogens with one attached hydrogen (secondary N) is 1. The highest BCUT2D eigenvalue weighted by Gasteiger charge is 2.25. The van der Waals surface area contributed by atoms with Crippen molar-refractivity contribution in [2.75, 3.05) is 18.6 Å². The summed E-state index contributed by atoms with van der Waals surface area (Å²) in [5, 5.41) is 2.61. The van der Waals surface area contributed by atoms with E-state index in [2.05, 4.69) is 10.1 Å². The minimum Gasteiger partial charge on any atom is -0.467 e. The molecule has 19 heavy (non-hydrogen) atoms. The van der Waals surface area contributed by atoms with Crippen LogP contribution in [0.15, 0.2) is 18.2 Å². The van der Waals surface area contributed by atoms with E-state index in [4.69, 9.17) is 11.5 Å². The lowest BCUT2D eigenvalue weighted by Crippen LogP contribution is -2.45. The van der Waals surface area contributed by atoms with Crippen molar-refractivity contribution in [3.63, 3.8) is 0 Å². The zero-order valence-corrected chi connectivity index (χ0v) is 11.3. The maximum Gasteiger partial charge on any atom is 0.328 e. The molecule has 0 fully saturated rings. The van der Waals surface area contributed by atoms with Crippen LogP contribution >= 0.6 is 0 Å². The molecule has 0 saturated carbocycles. The number of carbonyl (C=O) groups is 2. The molecule has 1 rings (SSSR count). The number of benzene rings is 1. The van der Waals surface area contributed by atoms with Crippen LogP contribution in [0.25, 0.3) is 0 Å². The molecule has 104 valence electrons. The monoisotopic (exact) mass is 265 g/mol. The highest BCUT2D eigenvalue weighted by Crippen LogP contribution is 2.14. The van der Waals surface area contributed by atoms with Crippen LogP contribution in [0.2, 0.25) is 0 Å². The normalized spacial score (nSPS) is 12.0. The fourth-order valence-electron chi connectivity index (χ4n) is 1.66. The molecule has 0 heterocycles. The predicted octanol–water partition coefficient (Wildman–Crippen LogP) is 0.778. The summed E-state index contributed by atoms with van der Waals surface area (Å²) in [4.78, 5) is 23.6. The topological polar surface area (TPSA) is 107 Å². The van der Waals surface area contributed by atoms with Gasteiger partial charge in [0.2, 0.25) is 0 Å². The molecule has 1 atom stereocenters. The summed E-state index contributed by atoms with van der Waals surface area (Å²) < 4.78 is 4.65. The summed E-state index contributed by atoms with van der Waals surface area (Å²) >= 11 is 0. The van der Waals surface area contributed by atoms with Gasteiger partial charge in [-0.3, -0.25) is 4.79 Å². The van der Waals surface area contributed by atoms with E-state index >= 15 is 0 Å². The van der Waals surface area contributed by atoms with Crippen molar-refractivity contribution in [3.8, 4) is 0 Å². The highest BCUT2D eigenvalue weighted by atomic mass is 16.5. The van der Waals surface area contributed by atoms with Crippen molar-refractivity contribution >= 4 is 23.3 Å². The third kappa shape index (κ3) is 3.87. The molecule has 0 radical (unpaired) electrons. The maximum atomic E-state index is 12.1. The van der Waals surface area contributed by atoms with Crippen LogP contribution in [0.1, 0.15) is 24.2 Å². The first kappa shape index (κ1) is 14.8. The minimum absolute atomic E-state index is 0.0881. The van der Waals surface area contributed by atoms with E-state index in [-0.39, 0.29) is 5.92 Å². The Hall–Kier alpha value is -2.24. The van der Waals surface area contributed by atoms with Gasteiger partial charge in [-0.2, -0.15) is 0 Å². The van der Waals surface area contributed by atoms with E-state index < -0.39 is 17.9 Å². The number of carbonyl (C=O) groups excluding carboxylic acids is 2. The first-order valence-corrected chi connectivity index (χ1v) is 5.90. The summed E-state index contributed by atoms with van der Waals surface area (Å²) in [6.07, 6.45) is 0. The van der Waals surface area contributed by atoms with E-state index in [1.165, 1.54) is 19.2 Å². The van der Waals surface area contributed by atoms with Crippen molar-refractivity contribution in [2.45, 2.75) is 19.9 Å². The van der Waals surface area contributed by atoms with Crippen LogP contribution in [0, 0.1) is 5.92 Å². The van der Waals surface area contributed by atoms with Crippen LogP contribution < -0.4 is 16.8 Å². The molecular weight excluding hydrogens is 246 g/mol. The summed E-state index contributed by atoms with van der Waals surface area (Å²) in [6.45, 7) is 3.63. The van der Waals surface area contributed by atoms with Crippen molar-refractivity contribution in [1.82, 2.24) is 5.32 Å². The quantitative estimate of drug-likeness (QED) is 0.550. The first-order chi connectivity index (χ1) is 8.85. The standard InChI is InChI=1S/C13H19N3O3/c1-7(2)11(13(18)19-3)16-12(17)8-4-9(14)6-10(15)5-8/h4-7,11H,14-15H2,1-3H3,(H,16,17). The summed E-state index contributed by atoms with van der Waals surface area (Å²) in [6, 6.07) is 3.85. The minimum atomic E-state index is -0.708. The van der Waals surface area contributed by atoms with Crippen LogP contribution in [0.4, 0.5) is 11.4 Å². The van der Waals surface area contributed by atoms with Crippen molar-refractivity contribution in [2.24, 2.45) is 5.92 Å². The van der Waals surface area contributed by atoms with E-state index in [1.54, 1.807) is 6.07 Å². The Balaban J connectivity index is 2.90. The molecule has 1 aromatic rings. The number of esters is 1. The highest BCUT2D eigenvalue weighted by molar-refractivity contribution is 5.98. The molecule has 1 amide bonds. The number of ether oxygens (including phenoxy) is 1. The van der Waals surface area contributed by atoms with Crippen LogP contribution in [0.3, 0.4) is 0 Å². The largest absolute Gasteiger partial charge is 0.467 e. The number of methoxy groups -OCH3 is 1. The fraction of sp³-hybridized carbons (Fsp3) is 0.385. The molecule has 6 nitrogen and oxygen atoms in total. The lowest BCUT2D eigenvalue weighted by molar-refractivity contribution is -0.144. The molecule has 0 bridgehead atoms. The van der Waals surface area contributed by atoms with Gasteiger partial charge in [-0.05, 0) is 24.1 Å². The predicted molar refractivity (Wildman–Crippen MR) is 73.4 cm³/mol. The molecule has 0 aromatic heterocycles. The number of rotatable bonds is 4. The zero-order valence-electron chi connectivity index (χ0n) is 11.3. The molecule has 0 saturated heterocycles. The molecule has 0 aliphatic carbocycles. The Morgan fingerprint density at radius 2 is 1.68 bits per heavy atom. The maximum absolute atomic E-state index is 12.1. The lowest BCUT2D eigenvalue weighted by Gasteiger charge is -2.20. The molecule has 0 aliphatic heterocycles. The van der Waals surface area contributed by atoms with Crippen molar-refractivity contribution < 1.29 is 14.3 Å². The van der Waals surface area contributed by atoms with E-state index in [0.717, 1.165) is 0 Å². The second-order valence-corrected chi connectivity index (χ2v) is 4.61. The average Bonchev–Trinajstić information content (AvgIpc) is 2.33. The summed E-state index contributed by atoms with van der Waals surface area (Å²) in [5.41, 5.74) is 12.3. The summed E-state index contributed by atoms with van der Waals surface area (Å²) in [7, 11) is 1.28. The van der Waals surface area contributed by atoms with Gasteiger partial charge < -0.3 is 21.5 Å². The molecular formula is C13H19N3O3. The Bertz CT molecular complexity index is 466. The van der Waals surface area contributed by atoms with Gasteiger partial charge in [0.05, 0.1) is 7.11 Å². The Morgan fingerprint density at radius 3 is 2.11 bits per heavy atom. The second kappa shape index (κ2) is 6.08. The first-order valence-electron chi connectivity index (χ1n) is 5.90. The van der Waals surface area contributed by atoms with Gasteiger partial charge in [-0.25, -0.2) is 4.79 Å². The third-order valence-electron chi connectivity index (χ3n) is 2.65. The summed E-state index contributed by atoms with van der Waals surface area (Å²) in [5.74, 6) is -0.988. The van der Waals surface area contributed by atoms with Gasteiger partial charge in [-0.1, -0.05) is 13.8 Å². The second-order valence-electron chi connectivity index (χ2n) is 4.61. The average molecular weight is 265 g/mol. The number of anilines is 2. The molecule has 0 aliphatic rings. The smallest absolute Gasteiger partial charge is 0.328 e. The van der Waals surface area contributed by atoms with Gasteiger partial charge in [0.15, 0.2) is 0 Å². The number of hydrogen-bond donors (Lipinski definition) is 3. The van der Waals surface area contributed by atoms with Crippen LogP contribution in [-0.4, -0.2) is 25.0 Å². The van der Waals surface area contributed by atoms with Crippen LogP contribution in [-0.2, 0) is 9.53 Å². The van der Waals surface area contributed by atoms with Gasteiger partial charge in [0.25, 0.3) is 5.91 Å². The van der Waals surface area contributed by atoms with Gasteiger partial charge in [-0.15, -0.1) is 0 Å². The van der Waals surface area contributed by atoms with Gasteiger partial charge >= 0.3 is 5.97 Å². The SMILES string of the molecule is COC(=O)C(NC(=O)c1cc(N)cc(N)c1)C(C)C.